The molecule has 0 saturated carbocycles. The number of piperazine rings is 1. The molecule has 0 aromatic heterocycles. The van der Waals surface area contributed by atoms with Gasteiger partial charge in [0.2, 0.25) is 0 Å². The normalized spacial score (nSPS) is 26.2. The second-order valence-electron chi connectivity index (χ2n) is 4.97. The quantitative estimate of drug-likeness (QED) is 0.758. The third-order valence-electron chi connectivity index (χ3n) is 3.71. The Morgan fingerprint density at radius 2 is 1.82 bits per heavy atom. The Labute approximate surface area is 102 Å². The molecule has 0 radical (unpaired) electrons. The molecule has 1 saturated heterocycles. The Morgan fingerprint density at radius 1 is 1.24 bits per heavy atom. The third kappa shape index (κ3) is 2.36. The molecule has 0 unspecified atom stereocenters. The van der Waals surface area contributed by atoms with E-state index in [-0.39, 0.29) is 11.5 Å². The highest BCUT2D eigenvalue weighted by Crippen LogP contribution is 2.24. The van der Waals surface area contributed by atoms with Gasteiger partial charge in [-0.15, -0.1) is 0 Å². The molecule has 0 aliphatic carbocycles. The molecule has 1 heterocycles. The van der Waals surface area contributed by atoms with Gasteiger partial charge in [0.25, 0.3) is 0 Å². The fraction of sp³-hybridized carbons (Fsp3) is 0.538. The van der Waals surface area contributed by atoms with Crippen LogP contribution in [0.1, 0.15) is 13.8 Å². The highest BCUT2D eigenvalue weighted by Gasteiger charge is 2.26. The van der Waals surface area contributed by atoms with Crippen molar-refractivity contribution in [3.05, 3.63) is 24.0 Å². The number of hydrogen-bond donors (Lipinski definition) is 1. The van der Waals surface area contributed by atoms with Gasteiger partial charge in [-0.2, -0.15) is 0 Å². The van der Waals surface area contributed by atoms with Gasteiger partial charge in [-0.3, -0.25) is 4.90 Å². The summed E-state index contributed by atoms with van der Waals surface area (Å²) in [7, 11) is 2.14. The van der Waals surface area contributed by atoms with Crippen LogP contribution < -0.4 is 10.6 Å². The van der Waals surface area contributed by atoms with E-state index in [1.54, 1.807) is 6.07 Å². The summed E-state index contributed by atoms with van der Waals surface area (Å²) in [5.74, 6) is -0.332. The van der Waals surface area contributed by atoms with Crippen molar-refractivity contribution in [3.8, 4) is 0 Å². The van der Waals surface area contributed by atoms with E-state index in [1.807, 2.05) is 6.07 Å². The molecule has 1 aromatic rings. The van der Waals surface area contributed by atoms with Crippen molar-refractivity contribution >= 4 is 11.4 Å². The Balaban J connectivity index is 2.20. The summed E-state index contributed by atoms with van der Waals surface area (Å²) >= 11 is 0. The molecule has 3 nitrogen and oxygen atoms in total. The fourth-order valence-corrected chi connectivity index (χ4v) is 2.33. The molecule has 2 atom stereocenters. The van der Waals surface area contributed by atoms with Gasteiger partial charge in [-0.1, -0.05) is 0 Å². The number of nitrogens with two attached hydrogens (primary N) is 1. The van der Waals surface area contributed by atoms with Gasteiger partial charge in [-0.05, 0) is 39.1 Å². The van der Waals surface area contributed by atoms with Crippen molar-refractivity contribution in [1.82, 2.24) is 4.90 Å². The predicted octanol–water partition coefficient (Wildman–Crippen LogP) is 1.94. The lowest BCUT2D eigenvalue weighted by Crippen LogP contribution is -2.55. The molecular weight excluding hydrogens is 217 g/mol. The van der Waals surface area contributed by atoms with E-state index in [0.717, 1.165) is 18.8 Å². The Morgan fingerprint density at radius 3 is 2.35 bits per heavy atom. The molecule has 1 aliphatic heterocycles. The molecule has 1 fully saturated rings. The van der Waals surface area contributed by atoms with Gasteiger partial charge < -0.3 is 10.6 Å². The molecule has 1 aromatic carbocycles. The van der Waals surface area contributed by atoms with Gasteiger partial charge in [0.1, 0.15) is 5.82 Å². The van der Waals surface area contributed by atoms with E-state index < -0.39 is 0 Å². The van der Waals surface area contributed by atoms with Gasteiger partial charge in [0, 0.05) is 30.9 Å². The molecule has 1 aliphatic rings. The van der Waals surface area contributed by atoms with Crippen LogP contribution in [0.3, 0.4) is 0 Å². The number of halogens is 1. The maximum atomic E-state index is 13.4. The summed E-state index contributed by atoms with van der Waals surface area (Å²) in [4.78, 5) is 4.57. The number of anilines is 2. The lowest BCUT2D eigenvalue weighted by Gasteiger charge is -2.43. The van der Waals surface area contributed by atoms with Crippen LogP contribution in [0.25, 0.3) is 0 Å². The van der Waals surface area contributed by atoms with Gasteiger partial charge >= 0.3 is 0 Å². The summed E-state index contributed by atoms with van der Waals surface area (Å²) < 4.78 is 13.4. The van der Waals surface area contributed by atoms with Crippen molar-refractivity contribution < 1.29 is 4.39 Å². The van der Waals surface area contributed by atoms with Crippen LogP contribution in [0.4, 0.5) is 15.8 Å². The highest BCUT2D eigenvalue weighted by molar-refractivity contribution is 5.54. The van der Waals surface area contributed by atoms with E-state index in [4.69, 9.17) is 5.73 Å². The molecule has 0 spiro atoms. The molecular formula is C13H20FN3. The second kappa shape index (κ2) is 4.53. The van der Waals surface area contributed by atoms with Crippen molar-refractivity contribution in [2.45, 2.75) is 25.9 Å². The summed E-state index contributed by atoms with van der Waals surface area (Å²) in [6.07, 6.45) is 0. The minimum atomic E-state index is -0.332. The number of likely N-dealkylation sites (N-methyl/N-ethyl adjacent to an activating group) is 1. The van der Waals surface area contributed by atoms with E-state index in [2.05, 4.69) is 30.7 Å². The minimum Gasteiger partial charge on any atom is -0.396 e. The molecule has 94 valence electrons. The van der Waals surface area contributed by atoms with E-state index in [1.165, 1.54) is 6.07 Å². The summed E-state index contributed by atoms with van der Waals surface area (Å²) in [6.45, 7) is 6.22. The van der Waals surface area contributed by atoms with Gasteiger partial charge in [-0.25, -0.2) is 4.39 Å². The van der Waals surface area contributed by atoms with Crippen LogP contribution in [0.15, 0.2) is 18.2 Å². The largest absolute Gasteiger partial charge is 0.396 e. The molecule has 2 N–H and O–H groups in total. The Kier molecular flexibility index (Phi) is 3.24. The van der Waals surface area contributed by atoms with Crippen LogP contribution in [-0.4, -0.2) is 37.1 Å². The maximum Gasteiger partial charge on any atom is 0.148 e. The molecule has 0 amide bonds. The number of nitrogens with zero attached hydrogens (tertiary/aromatic N) is 2. The molecule has 17 heavy (non-hydrogen) atoms. The predicted molar refractivity (Wildman–Crippen MR) is 69.7 cm³/mol. The summed E-state index contributed by atoms with van der Waals surface area (Å²) in [5, 5.41) is 0. The molecule has 2 rings (SSSR count). The Hall–Kier alpha value is -1.29. The standard InChI is InChI=1S/C13H20FN3/c1-9-7-17(8-10(2)16(9)3)11-4-5-13(15)12(14)6-11/h4-6,9-10H,7-8,15H2,1-3H3/t9-,10+. The van der Waals surface area contributed by atoms with E-state index in [9.17, 15) is 4.39 Å². The SMILES string of the molecule is C[C@@H]1CN(c2ccc(N)c(F)c2)C[C@H](C)N1C. The topological polar surface area (TPSA) is 32.5 Å². The zero-order valence-corrected chi connectivity index (χ0v) is 10.7. The minimum absolute atomic E-state index is 0.212. The number of hydrogen-bond acceptors (Lipinski definition) is 3. The smallest absolute Gasteiger partial charge is 0.148 e. The fourth-order valence-electron chi connectivity index (χ4n) is 2.33. The first-order valence-corrected chi connectivity index (χ1v) is 6.01. The number of nitrogen functional groups attached to an aromatic ring is 1. The monoisotopic (exact) mass is 237 g/mol. The number of rotatable bonds is 1. The van der Waals surface area contributed by atoms with Gasteiger partial charge in [0.15, 0.2) is 0 Å². The van der Waals surface area contributed by atoms with Crippen molar-refractivity contribution in [1.29, 1.82) is 0 Å². The first-order chi connectivity index (χ1) is 7.99. The van der Waals surface area contributed by atoms with Gasteiger partial charge in [0.05, 0.1) is 5.69 Å². The highest BCUT2D eigenvalue weighted by atomic mass is 19.1. The van der Waals surface area contributed by atoms with Crippen molar-refractivity contribution in [2.24, 2.45) is 0 Å². The molecule has 0 bridgehead atoms. The van der Waals surface area contributed by atoms with Crippen molar-refractivity contribution in [3.63, 3.8) is 0 Å². The molecule has 4 heteroatoms. The first-order valence-electron chi connectivity index (χ1n) is 6.01. The van der Waals surface area contributed by atoms with Crippen molar-refractivity contribution in [2.75, 3.05) is 30.8 Å². The van der Waals surface area contributed by atoms with Crippen LogP contribution in [0.5, 0.6) is 0 Å². The van der Waals surface area contributed by atoms with E-state index >= 15 is 0 Å². The Bertz CT molecular complexity index is 396. The van der Waals surface area contributed by atoms with Crippen LogP contribution in [-0.2, 0) is 0 Å². The number of benzene rings is 1. The maximum absolute atomic E-state index is 13.4. The second-order valence-corrected chi connectivity index (χ2v) is 4.97. The van der Waals surface area contributed by atoms with Crippen LogP contribution in [0.2, 0.25) is 0 Å². The first kappa shape index (κ1) is 12.2. The lowest BCUT2D eigenvalue weighted by atomic mass is 10.1. The summed E-state index contributed by atoms with van der Waals surface area (Å²) in [5.41, 5.74) is 6.63. The van der Waals surface area contributed by atoms with Crippen LogP contribution >= 0.6 is 0 Å². The third-order valence-corrected chi connectivity index (χ3v) is 3.71. The summed E-state index contributed by atoms with van der Waals surface area (Å²) in [6, 6.07) is 6.00. The lowest BCUT2D eigenvalue weighted by molar-refractivity contribution is 0.170. The average Bonchev–Trinajstić information content (AvgIpc) is 2.29. The average molecular weight is 237 g/mol. The zero-order chi connectivity index (χ0) is 12.6. The van der Waals surface area contributed by atoms with E-state index in [0.29, 0.717) is 12.1 Å². The van der Waals surface area contributed by atoms with Crippen LogP contribution in [0, 0.1) is 5.82 Å². The zero-order valence-electron chi connectivity index (χ0n) is 10.7.